The summed E-state index contributed by atoms with van der Waals surface area (Å²) in [6, 6.07) is 9.98. The fourth-order valence-electron chi connectivity index (χ4n) is 2.90. The topological polar surface area (TPSA) is 67.6 Å². The number of hydrogen-bond acceptors (Lipinski definition) is 7. The van der Waals surface area contributed by atoms with Gasteiger partial charge in [-0.25, -0.2) is 4.98 Å². The van der Waals surface area contributed by atoms with Crippen LogP contribution in [0.25, 0.3) is 22.6 Å². The molecule has 3 aromatic rings. The molecule has 0 aliphatic carbocycles. The van der Waals surface area contributed by atoms with E-state index in [1.807, 2.05) is 37.4 Å². The maximum absolute atomic E-state index is 5.97. The summed E-state index contributed by atoms with van der Waals surface area (Å²) < 4.78 is 23.7. The highest BCUT2D eigenvalue weighted by molar-refractivity contribution is 7.97. The molecule has 2 aromatic heterocycles. The van der Waals surface area contributed by atoms with Crippen molar-refractivity contribution in [3.05, 3.63) is 42.1 Å². The molecule has 0 unspecified atom stereocenters. The lowest BCUT2D eigenvalue weighted by atomic mass is 10.2. The maximum Gasteiger partial charge on any atom is 0.170 e. The lowest BCUT2D eigenvalue weighted by Crippen LogP contribution is -2.09. The summed E-state index contributed by atoms with van der Waals surface area (Å²) >= 11 is 1.61. The van der Waals surface area contributed by atoms with Crippen molar-refractivity contribution in [1.82, 2.24) is 13.9 Å². The minimum Gasteiger partial charge on any atom is -0.493 e. The third-order valence-corrected chi connectivity index (χ3v) is 5.09. The molecular weight excluding hydrogens is 390 g/mol. The van der Waals surface area contributed by atoms with Crippen molar-refractivity contribution in [3.8, 4) is 17.3 Å². The molecule has 7 nitrogen and oxygen atoms in total. The number of hydrogen-bond donors (Lipinski definition) is 0. The van der Waals surface area contributed by atoms with Crippen molar-refractivity contribution < 1.29 is 18.9 Å². The Hall–Kier alpha value is -2.13. The first kappa shape index (κ1) is 21.6. The number of nitrogens with zero attached hydrogens (tertiary/aromatic N) is 3. The highest BCUT2D eigenvalue weighted by Gasteiger charge is 2.17. The van der Waals surface area contributed by atoms with Crippen LogP contribution in [0.1, 0.15) is 12.0 Å². The molecule has 0 bridgehead atoms. The lowest BCUT2D eigenvalue weighted by molar-refractivity contribution is -0.0674. The third-order valence-electron chi connectivity index (χ3n) is 4.36. The van der Waals surface area contributed by atoms with Crippen molar-refractivity contribution in [1.29, 1.82) is 0 Å². The molecule has 0 aliphatic rings. The molecule has 0 radical (unpaired) electrons. The van der Waals surface area contributed by atoms with Gasteiger partial charge in [-0.15, -0.1) is 0 Å². The van der Waals surface area contributed by atoms with Gasteiger partial charge in [-0.2, -0.15) is 0 Å². The maximum atomic E-state index is 5.97. The first-order valence-corrected chi connectivity index (χ1v) is 10.7. The minimum atomic E-state index is 0.271. The minimum absolute atomic E-state index is 0.271. The Kier molecular flexibility index (Phi) is 8.30. The van der Waals surface area contributed by atoms with E-state index in [0.717, 1.165) is 40.3 Å². The van der Waals surface area contributed by atoms with Crippen LogP contribution in [0, 0.1) is 6.92 Å². The molecule has 0 atom stereocenters. The first-order valence-electron chi connectivity index (χ1n) is 9.51. The highest BCUT2D eigenvalue weighted by atomic mass is 32.2. The molecule has 0 aliphatic heterocycles. The summed E-state index contributed by atoms with van der Waals surface area (Å²) in [7, 11) is 1.64. The summed E-state index contributed by atoms with van der Waals surface area (Å²) in [6.45, 7) is 4.52. The van der Waals surface area contributed by atoms with Gasteiger partial charge >= 0.3 is 0 Å². The van der Waals surface area contributed by atoms with Crippen LogP contribution in [0.3, 0.4) is 0 Å². The van der Waals surface area contributed by atoms with Crippen LogP contribution in [0.15, 0.2) is 36.5 Å². The molecule has 0 saturated heterocycles. The van der Waals surface area contributed by atoms with Gasteiger partial charge in [-0.3, -0.25) is 8.96 Å². The summed E-state index contributed by atoms with van der Waals surface area (Å²) in [5.74, 6) is 1.64. The van der Waals surface area contributed by atoms with Gasteiger partial charge in [0.05, 0.1) is 37.5 Å². The molecule has 0 N–H and O–H groups in total. The predicted molar refractivity (Wildman–Crippen MR) is 115 cm³/mol. The molecule has 3 rings (SSSR count). The van der Waals surface area contributed by atoms with E-state index in [-0.39, 0.29) is 6.79 Å². The SMILES string of the molecule is COCCOCOCCCOc1ccnc(-c2nc3ccccc3n2SC)c1C. The quantitative estimate of drug-likeness (QED) is 0.327. The van der Waals surface area contributed by atoms with Crippen LogP contribution in [-0.4, -0.2) is 60.5 Å². The second-order valence-electron chi connectivity index (χ2n) is 6.31. The summed E-state index contributed by atoms with van der Waals surface area (Å²) in [5.41, 5.74) is 3.83. The molecule has 2 heterocycles. The van der Waals surface area contributed by atoms with Crippen LogP contribution in [-0.2, 0) is 14.2 Å². The van der Waals surface area contributed by atoms with E-state index in [0.29, 0.717) is 26.4 Å². The standard InChI is InChI=1S/C21H27N3O4S/c1-16-19(28-12-6-11-26-15-27-14-13-25-2)9-10-22-20(16)21-23-17-7-4-5-8-18(17)24(21)29-3/h4-5,7-10H,6,11-15H2,1-3H3. The van der Waals surface area contributed by atoms with E-state index < -0.39 is 0 Å². The predicted octanol–water partition coefficient (Wildman–Crippen LogP) is 3.94. The van der Waals surface area contributed by atoms with Crippen molar-refractivity contribution in [2.24, 2.45) is 0 Å². The zero-order valence-corrected chi connectivity index (χ0v) is 17.9. The Morgan fingerprint density at radius 2 is 1.86 bits per heavy atom. The molecule has 29 heavy (non-hydrogen) atoms. The van der Waals surface area contributed by atoms with Gasteiger partial charge in [-0.1, -0.05) is 12.1 Å². The fraction of sp³-hybridized carbons (Fsp3) is 0.429. The van der Waals surface area contributed by atoms with Crippen LogP contribution in [0.2, 0.25) is 0 Å². The normalized spacial score (nSPS) is 11.3. The largest absolute Gasteiger partial charge is 0.493 e. The second kappa shape index (κ2) is 11.2. The average molecular weight is 418 g/mol. The second-order valence-corrected chi connectivity index (χ2v) is 7.04. The summed E-state index contributed by atoms with van der Waals surface area (Å²) in [6.07, 6.45) is 4.57. The van der Waals surface area contributed by atoms with Gasteiger partial charge in [0.2, 0.25) is 0 Å². The van der Waals surface area contributed by atoms with Gasteiger partial charge in [0, 0.05) is 31.5 Å². The van der Waals surface area contributed by atoms with Crippen molar-refractivity contribution in [2.75, 3.05) is 46.6 Å². The zero-order valence-electron chi connectivity index (χ0n) is 17.1. The summed E-state index contributed by atoms with van der Waals surface area (Å²) in [5, 5.41) is 0. The Morgan fingerprint density at radius 1 is 1.03 bits per heavy atom. The number of methoxy groups -OCH3 is 1. The van der Waals surface area contributed by atoms with Crippen LogP contribution >= 0.6 is 11.9 Å². The van der Waals surface area contributed by atoms with E-state index in [2.05, 4.69) is 15.0 Å². The summed E-state index contributed by atoms with van der Waals surface area (Å²) in [4.78, 5) is 9.37. The van der Waals surface area contributed by atoms with Gasteiger partial charge in [0.1, 0.15) is 18.2 Å². The van der Waals surface area contributed by atoms with Gasteiger partial charge in [0.25, 0.3) is 0 Å². The van der Waals surface area contributed by atoms with Crippen molar-refractivity contribution >= 4 is 23.0 Å². The molecule has 0 spiro atoms. The number of benzene rings is 1. The number of aromatic nitrogens is 3. The third kappa shape index (κ3) is 5.48. The molecule has 1 aromatic carbocycles. The van der Waals surface area contributed by atoms with Crippen LogP contribution in [0.4, 0.5) is 0 Å². The van der Waals surface area contributed by atoms with E-state index >= 15 is 0 Å². The van der Waals surface area contributed by atoms with Crippen molar-refractivity contribution in [2.45, 2.75) is 13.3 Å². The highest BCUT2D eigenvalue weighted by Crippen LogP contribution is 2.32. The Morgan fingerprint density at radius 3 is 2.69 bits per heavy atom. The Balaban J connectivity index is 1.61. The van der Waals surface area contributed by atoms with Gasteiger partial charge in [0.15, 0.2) is 5.82 Å². The zero-order chi connectivity index (χ0) is 20.5. The monoisotopic (exact) mass is 417 g/mol. The van der Waals surface area contributed by atoms with E-state index in [4.69, 9.17) is 23.9 Å². The van der Waals surface area contributed by atoms with E-state index in [1.165, 1.54) is 0 Å². The van der Waals surface area contributed by atoms with Crippen LogP contribution < -0.4 is 4.74 Å². The first-order chi connectivity index (χ1) is 14.3. The molecule has 0 saturated carbocycles. The molecule has 0 amide bonds. The number of pyridine rings is 1. The molecular formula is C21H27N3O4S. The van der Waals surface area contributed by atoms with E-state index in [1.54, 1.807) is 25.3 Å². The number of fused-ring (bicyclic) bond motifs is 1. The van der Waals surface area contributed by atoms with Crippen molar-refractivity contribution in [3.63, 3.8) is 0 Å². The number of para-hydroxylation sites is 2. The van der Waals surface area contributed by atoms with Crippen LogP contribution in [0.5, 0.6) is 5.75 Å². The fourth-order valence-corrected chi connectivity index (χ4v) is 3.55. The Bertz CT molecular complexity index is 916. The molecule has 0 fully saturated rings. The number of rotatable bonds is 12. The smallest absolute Gasteiger partial charge is 0.170 e. The van der Waals surface area contributed by atoms with E-state index in [9.17, 15) is 0 Å². The Labute approximate surface area is 175 Å². The molecule has 156 valence electrons. The van der Waals surface area contributed by atoms with Gasteiger partial charge < -0.3 is 18.9 Å². The van der Waals surface area contributed by atoms with Gasteiger partial charge in [-0.05, 0) is 37.1 Å². The number of ether oxygens (including phenoxy) is 4. The average Bonchev–Trinajstić information content (AvgIpc) is 3.12. The lowest BCUT2D eigenvalue weighted by Gasteiger charge is -2.12. The number of imidazole rings is 1. The molecule has 8 heteroatoms.